The average molecular weight is 340 g/mol. The smallest absolute Gasteiger partial charge is 0.153 e. The Balaban J connectivity index is 1.93. The first-order chi connectivity index (χ1) is 11.0. The molecule has 4 nitrogen and oxygen atoms in total. The van der Waals surface area contributed by atoms with Crippen LogP contribution in [0.25, 0.3) is 0 Å². The highest BCUT2D eigenvalue weighted by atomic mass is 32.2. The number of sulfone groups is 1. The van der Waals surface area contributed by atoms with E-state index < -0.39 is 9.84 Å². The Morgan fingerprint density at radius 1 is 1.04 bits per heavy atom. The van der Waals surface area contributed by atoms with Crippen LogP contribution in [0.15, 0.2) is 24.3 Å². The van der Waals surface area contributed by atoms with Gasteiger partial charge in [-0.2, -0.15) is 0 Å². The molecule has 0 N–H and O–H groups in total. The zero-order chi connectivity index (χ0) is 16.7. The van der Waals surface area contributed by atoms with E-state index in [1.165, 1.54) is 12.8 Å². The summed E-state index contributed by atoms with van der Waals surface area (Å²) >= 11 is 0. The maximum absolute atomic E-state index is 11.5. The first-order valence-electron chi connectivity index (χ1n) is 8.76. The second-order valence-electron chi connectivity index (χ2n) is 6.30. The molecule has 1 heterocycles. The molecule has 1 aromatic carbocycles. The van der Waals surface area contributed by atoms with E-state index in [4.69, 9.17) is 4.74 Å². The molecule has 0 radical (unpaired) electrons. The molecule has 2 rings (SSSR count). The SMILES string of the molecule is CCCCC(CCC)Oc1ccc(N2CCS(=O)(=O)CC2)cc1. The standard InChI is InChI=1S/C18H29NO3S/c1-3-5-7-17(6-4-2)22-18-10-8-16(9-11-18)19-12-14-23(20,21)15-13-19/h8-11,17H,3-7,12-15H2,1-2H3. The lowest BCUT2D eigenvalue weighted by Crippen LogP contribution is -2.40. The molecule has 0 amide bonds. The molecule has 1 aliphatic rings. The number of unbranched alkanes of at least 4 members (excludes halogenated alkanes) is 1. The molecule has 1 aromatic rings. The fraction of sp³-hybridized carbons (Fsp3) is 0.667. The highest BCUT2D eigenvalue weighted by molar-refractivity contribution is 7.91. The predicted octanol–water partition coefficient (Wildman–Crippen LogP) is 3.66. The zero-order valence-corrected chi connectivity index (χ0v) is 15.1. The van der Waals surface area contributed by atoms with Gasteiger partial charge in [0.05, 0.1) is 17.6 Å². The molecule has 1 unspecified atom stereocenters. The summed E-state index contributed by atoms with van der Waals surface area (Å²) in [5.41, 5.74) is 1.08. The van der Waals surface area contributed by atoms with Crippen molar-refractivity contribution < 1.29 is 13.2 Å². The molecular formula is C18H29NO3S. The topological polar surface area (TPSA) is 46.6 Å². The summed E-state index contributed by atoms with van der Waals surface area (Å²) in [5.74, 6) is 1.41. The van der Waals surface area contributed by atoms with Crippen molar-refractivity contribution in [2.75, 3.05) is 29.5 Å². The van der Waals surface area contributed by atoms with Crippen molar-refractivity contribution >= 4 is 15.5 Å². The van der Waals surface area contributed by atoms with E-state index in [0.29, 0.717) is 19.2 Å². The van der Waals surface area contributed by atoms with Crippen LogP contribution in [0, 0.1) is 0 Å². The second kappa shape index (κ2) is 8.57. The van der Waals surface area contributed by atoms with Crippen molar-refractivity contribution in [3.63, 3.8) is 0 Å². The summed E-state index contributed by atoms with van der Waals surface area (Å²) in [6, 6.07) is 8.09. The number of hydrogen-bond donors (Lipinski definition) is 0. The van der Waals surface area contributed by atoms with Crippen LogP contribution in [-0.2, 0) is 9.84 Å². The molecule has 1 atom stereocenters. The zero-order valence-electron chi connectivity index (χ0n) is 14.3. The molecule has 0 spiro atoms. The Labute approximate surface area is 140 Å². The molecule has 23 heavy (non-hydrogen) atoms. The Kier molecular flexibility index (Phi) is 6.75. The Morgan fingerprint density at radius 3 is 2.26 bits per heavy atom. The van der Waals surface area contributed by atoms with E-state index in [0.717, 1.165) is 30.7 Å². The van der Waals surface area contributed by atoms with E-state index in [1.54, 1.807) is 0 Å². The fourth-order valence-electron chi connectivity index (χ4n) is 2.91. The lowest BCUT2D eigenvalue weighted by atomic mass is 10.1. The Hall–Kier alpha value is -1.23. The number of nitrogens with zero attached hydrogens (tertiary/aromatic N) is 1. The van der Waals surface area contributed by atoms with E-state index >= 15 is 0 Å². The first-order valence-corrected chi connectivity index (χ1v) is 10.6. The second-order valence-corrected chi connectivity index (χ2v) is 8.61. The average Bonchev–Trinajstić information content (AvgIpc) is 2.54. The first kappa shape index (κ1) is 18.1. The molecule has 1 fully saturated rings. The normalized spacial score (nSPS) is 18.6. The fourth-order valence-corrected chi connectivity index (χ4v) is 4.12. The Morgan fingerprint density at radius 2 is 1.70 bits per heavy atom. The van der Waals surface area contributed by atoms with Gasteiger partial charge >= 0.3 is 0 Å². The summed E-state index contributed by atoms with van der Waals surface area (Å²) in [6.07, 6.45) is 6.02. The van der Waals surface area contributed by atoms with Gasteiger partial charge < -0.3 is 9.64 Å². The van der Waals surface area contributed by atoms with Crippen LogP contribution in [-0.4, -0.2) is 39.1 Å². The van der Waals surface area contributed by atoms with Crippen LogP contribution >= 0.6 is 0 Å². The summed E-state index contributed by atoms with van der Waals surface area (Å²) in [7, 11) is -2.83. The third kappa shape index (κ3) is 5.72. The van der Waals surface area contributed by atoms with Crippen molar-refractivity contribution in [1.82, 2.24) is 0 Å². The minimum absolute atomic E-state index is 0.251. The lowest BCUT2D eigenvalue weighted by Gasteiger charge is -2.29. The third-order valence-electron chi connectivity index (χ3n) is 4.34. The van der Waals surface area contributed by atoms with Gasteiger partial charge in [0.25, 0.3) is 0 Å². The number of anilines is 1. The van der Waals surface area contributed by atoms with Crippen LogP contribution in [0.5, 0.6) is 5.75 Å². The maximum atomic E-state index is 11.5. The van der Waals surface area contributed by atoms with Gasteiger partial charge in [-0.05, 0) is 37.1 Å². The van der Waals surface area contributed by atoms with Crippen LogP contribution in [0.3, 0.4) is 0 Å². The van der Waals surface area contributed by atoms with Gasteiger partial charge in [0, 0.05) is 18.8 Å². The minimum Gasteiger partial charge on any atom is -0.490 e. The monoisotopic (exact) mass is 339 g/mol. The van der Waals surface area contributed by atoms with Crippen molar-refractivity contribution in [1.29, 1.82) is 0 Å². The van der Waals surface area contributed by atoms with Crippen LogP contribution in [0.4, 0.5) is 5.69 Å². The van der Waals surface area contributed by atoms with E-state index in [1.807, 2.05) is 24.3 Å². The number of hydrogen-bond acceptors (Lipinski definition) is 4. The molecular weight excluding hydrogens is 310 g/mol. The van der Waals surface area contributed by atoms with Gasteiger partial charge in [-0.25, -0.2) is 8.42 Å². The van der Waals surface area contributed by atoms with Gasteiger partial charge in [0.15, 0.2) is 9.84 Å². The molecule has 130 valence electrons. The largest absolute Gasteiger partial charge is 0.490 e. The molecule has 0 aliphatic carbocycles. The van der Waals surface area contributed by atoms with Gasteiger partial charge in [0.2, 0.25) is 0 Å². The molecule has 0 saturated carbocycles. The van der Waals surface area contributed by atoms with Gasteiger partial charge in [-0.15, -0.1) is 0 Å². The third-order valence-corrected chi connectivity index (χ3v) is 5.95. The van der Waals surface area contributed by atoms with E-state index in [2.05, 4.69) is 18.7 Å². The number of ether oxygens (including phenoxy) is 1. The van der Waals surface area contributed by atoms with Crippen molar-refractivity contribution in [3.05, 3.63) is 24.3 Å². The summed E-state index contributed by atoms with van der Waals surface area (Å²) in [5, 5.41) is 0. The summed E-state index contributed by atoms with van der Waals surface area (Å²) in [4.78, 5) is 2.13. The molecule has 0 bridgehead atoms. The molecule has 5 heteroatoms. The van der Waals surface area contributed by atoms with Gasteiger partial charge in [-0.3, -0.25) is 0 Å². The molecule has 1 aliphatic heterocycles. The van der Waals surface area contributed by atoms with E-state index in [9.17, 15) is 8.42 Å². The highest BCUT2D eigenvalue weighted by Crippen LogP contribution is 2.23. The van der Waals surface area contributed by atoms with Crippen molar-refractivity contribution in [2.45, 2.75) is 52.1 Å². The summed E-state index contributed by atoms with van der Waals surface area (Å²) < 4.78 is 29.1. The van der Waals surface area contributed by atoms with Crippen molar-refractivity contribution in [2.24, 2.45) is 0 Å². The predicted molar refractivity (Wildman–Crippen MR) is 96.2 cm³/mol. The number of rotatable bonds is 8. The summed E-state index contributed by atoms with van der Waals surface area (Å²) in [6.45, 7) is 5.56. The molecule has 1 saturated heterocycles. The van der Waals surface area contributed by atoms with Crippen LogP contribution in [0.2, 0.25) is 0 Å². The quantitative estimate of drug-likeness (QED) is 0.725. The highest BCUT2D eigenvalue weighted by Gasteiger charge is 2.21. The maximum Gasteiger partial charge on any atom is 0.153 e. The van der Waals surface area contributed by atoms with Gasteiger partial charge in [0.1, 0.15) is 5.75 Å². The van der Waals surface area contributed by atoms with Crippen LogP contribution < -0.4 is 9.64 Å². The number of benzene rings is 1. The van der Waals surface area contributed by atoms with Crippen molar-refractivity contribution in [3.8, 4) is 5.75 Å². The molecule has 0 aromatic heterocycles. The minimum atomic E-state index is -2.83. The van der Waals surface area contributed by atoms with Crippen LogP contribution in [0.1, 0.15) is 46.0 Å². The lowest BCUT2D eigenvalue weighted by molar-refractivity contribution is 0.176. The van der Waals surface area contributed by atoms with Gasteiger partial charge in [-0.1, -0.05) is 33.1 Å². The Bertz CT molecular complexity index is 554. The van der Waals surface area contributed by atoms with E-state index in [-0.39, 0.29) is 11.5 Å².